The van der Waals surface area contributed by atoms with Crippen LogP contribution in [0.3, 0.4) is 0 Å². The predicted molar refractivity (Wildman–Crippen MR) is 131 cm³/mol. The molecular formula is C20H27BiN4S4. The summed E-state index contributed by atoms with van der Waals surface area (Å²) in [6, 6.07) is 9.78. The Morgan fingerprint density at radius 1 is 0.828 bits per heavy atom. The Bertz CT molecular complexity index is 722. The predicted octanol–water partition coefficient (Wildman–Crippen LogP) is 3.94. The topological polar surface area (TPSA) is 32.3 Å². The molecule has 4 nitrogen and oxygen atoms in total. The number of nitrogens with zero attached hydrogens (tertiary/aromatic N) is 4. The third-order valence-electron chi connectivity index (χ3n) is 3.08. The number of aryl methyl sites for hydroxylation is 2. The monoisotopic (exact) mass is 660 g/mol. The maximum absolute atomic E-state index is 4.74. The van der Waals surface area contributed by atoms with Crippen molar-refractivity contribution in [3.63, 3.8) is 0 Å². The van der Waals surface area contributed by atoms with E-state index in [0.29, 0.717) is 0 Å². The molecule has 0 aliphatic heterocycles. The smallest absolute Gasteiger partial charge is 0.408 e. The molecule has 0 bridgehead atoms. The van der Waals surface area contributed by atoms with Crippen molar-refractivity contribution in [1.82, 2.24) is 19.8 Å². The van der Waals surface area contributed by atoms with Crippen LogP contribution in [-0.2, 0) is 38.3 Å². The molecule has 3 rings (SSSR count). The molecule has 0 saturated heterocycles. The molecule has 0 amide bonds. The maximum Gasteiger partial charge on any atom is 2.00 e. The molecule has 1 aromatic carbocycles. The average Bonchev–Trinajstić information content (AvgIpc) is 3.14. The SMILES string of the molecule is CN(C)Cc1[c]c(CN(C)C)ccc1.Cc1csc([S-])n1.Cc1csc([S-])n1.[Bi+2]. The molecule has 9 heteroatoms. The first kappa shape index (κ1) is 28.7. The summed E-state index contributed by atoms with van der Waals surface area (Å²) >= 11 is 12.5. The zero-order valence-corrected chi connectivity index (χ0v) is 24.4. The van der Waals surface area contributed by atoms with Crippen LogP contribution >= 0.6 is 22.7 Å². The largest absolute Gasteiger partial charge is 2.00 e. The van der Waals surface area contributed by atoms with E-state index in [9.17, 15) is 0 Å². The van der Waals surface area contributed by atoms with Gasteiger partial charge in [0.15, 0.2) is 0 Å². The van der Waals surface area contributed by atoms with Gasteiger partial charge in [-0.15, -0.1) is 0 Å². The van der Waals surface area contributed by atoms with E-state index >= 15 is 0 Å². The zero-order chi connectivity index (χ0) is 21.1. The molecule has 156 valence electrons. The first-order valence-electron chi connectivity index (χ1n) is 8.63. The Labute approximate surface area is 213 Å². The van der Waals surface area contributed by atoms with Gasteiger partial charge in [-0.1, -0.05) is 29.0 Å². The Hall–Kier alpha value is -0.277. The minimum Gasteiger partial charge on any atom is -0.408 e. The number of rotatable bonds is 4. The van der Waals surface area contributed by atoms with Gasteiger partial charge in [-0.2, -0.15) is 0 Å². The van der Waals surface area contributed by atoms with E-state index in [1.54, 1.807) is 0 Å². The molecule has 0 aliphatic rings. The Morgan fingerprint density at radius 3 is 1.41 bits per heavy atom. The summed E-state index contributed by atoms with van der Waals surface area (Å²) in [4.78, 5) is 12.2. The molecule has 4 radical (unpaired) electrons. The van der Waals surface area contributed by atoms with E-state index in [1.165, 1.54) is 33.8 Å². The molecule has 0 fully saturated rings. The zero-order valence-electron chi connectivity index (χ0n) is 17.7. The molecule has 3 aromatic rings. The van der Waals surface area contributed by atoms with Crippen molar-refractivity contribution in [2.45, 2.75) is 35.6 Å². The van der Waals surface area contributed by atoms with Crippen LogP contribution in [0.25, 0.3) is 0 Å². The van der Waals surface area contributed by atoms with Crippen molar-refractivity contribution in [2.75, 3.05) is 28.2 Å². The third-order valence-corrected chi connectivity index (χ3v) is 5.35. The van der Waals surface area contributed by atoms with E-state index in [-0.39, 0.29) is 26.2 Å². The molecule has 2 aromatic heterocycles. The Morgan fingerprint density at radius 2 is 1.21 bits per heavy atom. The van der Waals surface area contributed by atoms with Crippen molar-refractivity contribution in [3.05, 3.63) is 57.5 Å². The third kappa shape index (κ3) is 14.4. The van der Waals surface area contributed by atoms with Gasteiger partial charge in [0.05, 0.1) is 0 Å². The van der Waals surface area contributed by atoms with Crippen molar-refractivity contribution >= 4 is 74.1 Å². The molecule has 0 spiro atoms. The second kappa shape index (κ2) is 15.5. The number of thiazole rings is 2. The summed E-state index contributed by atoms with van der Waals surface area (Å²) in [7, 11) is 8.30. The summed E-state index contributed by atoms with van der Waals surface area (Å²) in [5.74, 6) is 0. The molecule has 0 atom stereocenters. The van der Waals surface area contributed by atoms with E-state index in [4.69, 9.17) is 25.3 Å². The Balaban J connectivity index is 0.000000440. The molecular weight excluding hydrogens is 633 g/mol. The van der Waals surface area contributed by atoms with E-state index in [2.05, 4.69) is 72.2 Å². The number of aromatic nitrogens is 2. The molecule has 0 unspecified atom stereocenters. The fourth-order valence-corrected chi connectivity index (χ4v) is 3.72. The fourth-order valence-electron chi connectivity index (χ4n) is 2.10. The molecule has 2 heterocycles. The summed E-state index contributed by atoms with van der Waals surface area (Å²) < 4.78 is 1.47. The molecule has 29 heavy (non-hydrogen) atoms. The van der Waals surface area contributed by atoms with Gasteiger partial charge in [0.1, 0.15) is 0 Å². The van der Waals surface area contributed by atoms with Crippen LogP contribution in [0.1, 0.15) is 22.5 Å². The molecule has 0 saturated carbocycles. The second-order valence-electron chi connectivity index (χ2n) is 6.69. The van der Waals surface area contributed by atoms with Gasteiger partial charge in [0.2, 0.25) is 0 Å². The van der Waals surface area contributed by atoms with Crippen molar-refractivity contribution < 1.29 is 0 Å². The van der Waals surface area contributed by atoms with Crippen LogP contribution in [0.2, 0.25) is 0 Å². The van der Waals surface area contributed by atoms with Gasteiger partial charge in [0.25, 0.3) is 0 Å². The average molecular weight is 661 g/mol. The Kier molecular flexibility index (Phi) is 15.4. The van der Waals surface area contributed by atoms with E-state index < -0.39 is 0 Å². The van der Waals surface area contributed by atoms with Crippen LogP contribution in [0.4, 0.5) is 0 Å². The fraction of sp³-hybridized carbons (Fsp3) is 0.400. The first-order valence-corrected chi connectivity index (χ1v) is 11.2. The first-order chi connectivity index (χ1) is 13.2. The number of hydrogen-bond donors (Lipinski definition) is 0. The van der Waals surface area contributed by atoms with Gasteiger partial charge < -0.3 is 57.7 Å². The van der Waals surface area contributed by atoms with E-state index in [0.717, 1.165) is 33.2 Å². The summed E-state index contributed by atoms with van der Waals surface area (Å²) in [6.07, 6.45) is 0. The van der Waals surface area contributed by atoms with Gasteiger partial charge in [-0.25, -0.2) is 0 Å². The standard InChI is InChI=1S/C12H19N2.2C4H5NS2.Bi/c1-13(2)9-11-6-5-7-12(8-11)10-14(3)4;2*1-3-2-7-4(6)5-3;/h5-7H,9-10H2,1-4H3;2*2H,1H3,(H,5,6);/q;;;+2/p-2. The number of benzene rings is 1. The summed E-state index contributed by atoms with van der Waals surface area (Å²) in [5, 5.41) is 3.89. The second-order valence-corrected chi connectivity index (χ2v) is 9.69. The summed E-state index contributed by atoms with van der Waals surface area (Å²) in [5.41, 5.74) is 4.56. The van der Waals surface area contributed by atoms with Crippen LogP contribution in [0.15, 0.2) is 37.6 Å². The minimum atomic E-state index is 0. The molecule has 0 N–H and O–H groups in total. The van der Waals surface area contributed by atoms with Gasteiger partial charge >= 0.3 is 26.2 Å². The van der Waals surface area contributed by atoms with Crippen molar-refractivity contribution in [3.8, 4) is 0 Å². The minimum absolute atomic E-state index is 0. The van der Waals surface area contributed by atoms with Crippen molar-refractivity contribution in [2.24, 2.45) is 0 Å². The van der Waals surface area contributed by atoms with Gasteiger partial charge in [0, 0.05) is 24.5 Å². The quantitative estimate of drug-likeness (QED) is 0.312. The molecule has 0 aliphatic carbocycles. The summed E-state index contributed by atoms with van der Waals surface area (Å²) in [6.45, 7) is 5.79. The van der Waals surface area contributed by atoms with Crippen LogP contribution < -0.4 is 0 Å². The van der Waals surface area contributed by atoms with Gasteiger partial charge in [-0.05, 0) is 67.9 Å². The normalized spacial score (nSPS) is 9.93. The van der Waals surface area contributed by atoms with Crippen molar-refractivity contribution in [1.29, 1.82) is 0 Å². The van der Waals surface area contributed by atoms with Crippen LogP contribution in [0, 0.1) is 19.9 Å². The number of hydrogen-bond acceptors (Lipinski definition) is 8. The van der Waals surface area contributed by atoms with Crippen LogP contribution in [-0.4, -0.2) is 74.2 Å². The van der Waals surface area contributed by atoms with Crippen LogP contribution in [0.5, 0.6) is 0 Å². The maximum atomic E-state index is 4.74. The van der Waals surface area contributed by atoms with E-state index in [1.807, 2.05) is 24.6 Å². The van der Waals surface area contributed by atoms with Gasteiger partial charge in [-0.3, -0.25) is 9.97 Å².